The van der Waals surface area contributed by atoms with Gasteiger partial charge in [0, 0.05) is 17.0 Å². The molecule has 0 bridgehead atoms. The lowest BCUT2D eigenvalue weighted by atomic mass is 10.1. The topological polar surface area (TPSA) is 38.0 Å². The van der Waals surface area contributed by atoms with Gasteiger partial charge in [0.1, 0.15) is 4.99 Å². The van der Waals surface area contributed by atoms with Crippen LogP contribution in [0, 0.1) is 11.6 Å². The zero-order valence-corrected chi connectivity index (χ0v) is 12.5. The Morgan fingerprint density at radius 3 is 2.70 bits per heavy atom. The fraction of sp³-hybridized carbons (Fsp3) is 0.214. The summed E-state index contributed by atoms with van der Waals surface area (Å²) in [6, 6.07) is 4.87. The van der Waals surface area contributed by atoms with Gasteiger partial charge in [0.15, 0.2) is 11.6 Å². The number of benzene rings is 1. The maximum absolute atomic E-state index is 13.9. The first-order valence-electron chi connectivity index (χ1n) is 6.11. The fourth-order valence-corrected chi connectivity index (χ4v) is 2.96. The molecule has 0 aliphatic heterocycles. The van der Waals surface area contributed by atoms with Crippen molar-refractivity contribution in [3.63, 3.8) is 0 Å². The first-order chi connectivity index (χ1) is 9.54. The van der Waals surface area contributed by atoms with Crippen molar-refractivity contribution in [1.82, 2.24) is 0 Å². The second-order valence-corrected chi connectivity index (χ2v) is 5.67. The van der Waals surface area contributed by atoms with E-state index >= 15 is 0 Å². The number of nitrogens with one attached hydrogen (secondary N) is 1. The highest BCUT2D eigenvalue weighted by Crippen LogP contribution is 2.23. The van der Waals surface area contributed by atoms with Crippen molar-refractivity contribution in [2.45, 2.75) is 19.9 Å². The lowest BCUT2D eigenvalue weighted by Crippen LogP contribution is -2.14. The van der Waals surface area contributed by atoms with Gasteiger partial charge in [-0.05, 0) is 35.6 Å². The molecule has 0 aliphatic rings. The van der Waals surface area contributed by atoms with Crippen LogP contribution >= 0.6 is 23.6 Å². The first kappa shape index (κ1) is 14.9. The van der Waals surface area contributed by atoms with Crippen molar-refractivity contribution >= 4 is 34.2 Å². The third-order valence-corrected chi connectivity index (χ3v) is 4.19. The maximum Gasteiger partial charge on any atom is 0.182 e. The summed E-state index contributed by atoms with van der Waals surface area (Å²) in [7, 11) is 0. The second kappa shape index (κ2) is 6.28. The number of rotatable bonds is 5. The highest BCUT2D eigenvalue weighted by atomic mass is 32.1. The van der Waals surface area contributed by atoms with Crippen molar-refractivity contribution in [1.29, 1.82) is 0 Å². The number of thiophene rings is 1. The molecule has 0 saturated heterocycles. The quantitative estimate of drug-likeness (QED) is 0.824. The van der Waals surface area contributed by atoms with E-state index in [4.69, 9.17) is 5.73 Å². The lowest BCUT2D eigenvalue weighted by molar-refractivity contribution is 0.509. The minimum Gasteiger partial charge on any atom is -0.389 e. The lowest BCUT2D eigenvalue weighted by Gasteiger charge is -2.10. The molecule has 2 nitrogen and oxygen atoms in total. The van der Waals surface area contributed by atoms with Crippen molar-refractivity contribution in [2.75, 3.05) is 5.32 Å². The molecule has 0 amide bonds. The highest BCUT2D eigenvalue weighted by molar-refractivity contribution is 7.80. The van der Waals surface area contributed by atoms with Gasteiger partial charge in [-0.3, -0.25) is 0 Å². The summed E-state index contributed by atoms with van der Waals surface area (Å²) in [5.41, 5.74) is 6.57. The summed E-state index contributed by atoms with van der Waals surface area (Å²) >= 11 is 6.26. The number of anilines is 1. The minimum absolute atomic E-state index is 0.0755. The SMILES string of the molecule is CCc1ccsc1CNc1ccc(C(N)=S)c(F)c1F. The van der Waals surface area contributed by atoms with Crippen LogP contribution in [0.25, 0.3) is 0 Å². The first-order valence-corrected chi connectivity index (χ1v) is 7.40. The molecular weight excluding hydrogens is 298 g/mol. The van der Waals surface area contributed by atoms with Gasteiger partial charge in [0.25, 0.3) is 0 Å². The van der Waals surface area contributed by atoms with E-state index in [1.165, 1.54) is 17.7 Å². The van der Waals surface area contributed by atoms with Crippen LogP contribution in [0.4, 0.5) is 14.5 Å². The smallest absolute Gasteiger partial charge is 0.182 e. The average molecular weight is 312 g/mol. The third-order valence-electron chi connectivity index (χ3n) is 3.01. The molecule has 3 N–H and O–H groups in total. The van der Waals surface area contributed by atoms with E-state index in [1.807, 2.05) is 11.4 Å². The van der Waals surface area contributed by atoms with Gasteiger partial charge in [0.2, 0.25) is 0 Å². The van der Waals surface area contributed by atoms with E-state index in [0.717, 1.165) is 11.3 Å². The number of thiocarbonyl (C=S) groups is 1. The van der Waals surface area contributed by atoms with Gasteiger partial charge in [0.05, 0.1) is 5.69 Å². The van der Waals surface area contributed by atoms with Gasteiger partial charge in [-0.15, -0.1) is 11.3 Å². The van der Waals surface area contributed by atoms with Crippen molar-refractivity contribution < 1.29 is 8.78 Å². The highest BCUT2D eigenvalue weighted by Gasteiger charge is 2.15. The summed E-state index contributed by atoms with van der Waals surface area (Å²) in [6.45, 7) is 2.52. The minimum atomic E-state index is -1.01. The van der Waals surface area contributed by atoms with Gasteiger partial charge >= 0.3 is 0 Å². The predicted octanol–water partition coefficient (Wildman–Crippen LogP) is 3.84. The summed E-state index contributed by atoms with van der Waals surface area (Å²) in [4.78, 5) is 0.963. The van der Waals surface area contributed by atoms with Crippen LogP contribution in [0.5, 0.6) is 0 Å². The van der Waals surface area contributed by atoms with Gasteiger partial charge in [-0.25, -0.2) is 8.78 Å². The number of nitrogens with two attached hydrogens (primary N) is 1. The zero-order valence-electron chi connectivity index (χ0n) is 10.9. The molecule has 0 spiro atoms. The Morgan fingerprint density at radius 1 is 1.30 bits per heavy atom. The molecule has 6 heteroatoms. The van der Waals surface area contributed by atoms with Crippen molar-refractivity contribution in [3.8, 4) is 0 Å². The van der Waals surface area contributed by atoms with Crippen molar-refractivity contribution in [3.05, 3.63) is 51.2 Å². The van der Waals surface area contributed by atoms with Gasteiger partial charge in [-0.2, -0.15) is 0 Å². The van der Waals surface area contributed by atoms with E-state index in [-0.39, 0.29) is 16.2 Å². The van der Waals surface area contributed by atoms with E-state index in [2.05, 4.69) is 24.5 Å². The van der Waals surface area contributed by atoms with Gasteiger partial charge < -0.3 is 11.1 Å². The zero-order chi connectivity index (χ0) is 14.7. The second-order valence-electron chi connectivity index (χ2n) is 4.23. The number of hydrogen-bond acceptors (Lipinski definition) is 3. The summed E-state index contributed by atoms with van der Waals surface area (Å²) in [5, 5.41) is 4.90. The summed E-state index contributed by atoms with van der Waals surface area (Å²) < 4.78 is 27.6. The molecule has 0 unspecified atom stereocenters. The molecule has 1 aromatic carbocycles. The van der Waals surface area contributed by atoms with Crippen LogP contribution in [-0.4, -0.2) is 4.99 Å². The third kappa shape index (κ3) is 2.96. The van der Waals surface area contributed by atoms with Crippen molar-refractivity contribution in [2.24, 2.45) is 5.73 Å². The normalized spacial score (nSPS) is 10.6. The molecule has 1 aromatic heterocycles. The van der Waals surface area contributed by atoms with E-state index in [1.54, 1.807) is 11.3 Å². The monoisotopic (exact) mass is 312 g/mol. The molecule has 106 valence electrons. The number of aryl methyl sites for hydroxylation is 1. The summed E-state index contributed by atoms with van der Waals surface area (Å²) in [5.74, 6) is -1.96. The van der Waals surface area contributed by atoms with E-state index in [0.29, 0.717) is 6.54 Å². The molecule has 2 aromatic rings. The molecule has 0 aliphatic carbocycles. The van der Waals surface area contributed by atoms with Crippen LogP contribution in [0.1, 0.15) is 22.9 Å². The molecule has 0 fully saturated rings. The van der Waals surface area contributed by atoms with Crippen LogP contribution in [-0.2, 0) is 13.0 Å². The molecule has 2 rings (SSSR count). The Morgan fingerprint density at radius 2 is 2.05 bits per heavy atom. The molecule has 0 radical (unpaired) electrons. The van der Waals surface area contributed by atoms with E-state index < -0.39 is 11.6 Å². The molecule has 20 heavy (non-hydrogen) atoms. The summed E-state index contributed by atoms with van der Waals surface area (Å²) in [6.07, 6.45) is 0.914. The van der Waals surface area contributed by atoms with Gasteiger partial charge in [-0.1, -0.05) is 19.1 Å². The number of hydrogen-bond donors (Lipinski definition) is 2. The Labute approximate surface area is 125 Å². The van der Waals surface area contributed by atoms with Crippen LogP contribution in [0.3, 0.4) is 0 Å². The van der Waals surface area contributed by atoms with Crippen LogP contribution in [0.2, 0.25) is 0 Å². The maximum atomic E-state index is 13.9. The molecular formula is C14H14F2N2S2. The predicted molar refractivity (Wildman–Crippen MR) is 83.3 cm³/mol. The largest absolute Gasteiger partial charge is 0.389 e. The molecule has 1 heterocycles. The Bertz CT molecular complexity index is 638. The Balaban J connectivity index is 2.19. The average Bonchev–Trinajstić information content (AvgIpc) is 2.87. The van der Waals surface area contributed by atoms with Crippen LogP contribution in [0.15, 0.2) is 23.6 Å². The Hall–Kier alpha value is -1.53. The van der Waals surface area contributed by atoms with Crippen LogP contribution < -0.4 is 11.1 Å². The number of halogens is 2. The standard InChI is InChI=1S/C14H14F2N2S2/c1-2-8-5-6-20-11(8)7-18-10-4-3-9(14(17)19)12(15)13(10)16/h3-6,18H,2,7H2,1H3,(H2,17,19). The van der Waals surface area contributed by atoms with E-state index in [9.17, 15) is 8.78 Å². The molecule has 0 saturated carbocycles. The fourth-order valence-electron chi connectivity index (χ4n) is 1.89. The molecule has 0 atom stereocenters. The Kier molecular flexibility index (Phi) is 4.67.